The van der Waals surface area contributed by atoms with Crippen molar-refractivity contribution in [1.29, 1.82) is 0 Å². The predicted molar refractivity (Wildman–Crippen MR) is 146 cm³/mol. The van der Waals surface area contributed by atoms with E-state index < -0.39 is 5.82 Å². The van der Waals surface area contributed by atoms with Crippen LogP contribution in [-0.2, 0) is 16.6 Å². The average molecular weight is 519 g/mol. The topological polar surface area (TPSA) is 70.8 Å². The van der Waals surface area contributed by atoms with Gasteiger partial charge in [0.2, 0.25) is 5.91 Å². The Balaban J connectivity index is 1.26. The molecule has 0 atom stereocenters. The third-order valence-electron chi connectivity index (χ3n) is 6.36. The van der Waals surface area contributed by atoms with Crippen molar-refractivity contribution in [3.8, 4) is 17.6 Å². The van der Waals surface area contributed by atoms with E-state index in [1.54, 1.807) is 36.4 Å². The van der Waals surface area contributed by atoms with Crippen molar-refractivity contribution in [2.24, 2.45) is 0 Å². The van der Waals surface area contributed by atoms with E-state index in [9.17, 15) is 9.18 Å². The van der Waals surface area contributed by atoms with Crippen LogP contribution in [-0.4, -0.2) is 67.2 Å². The first kappa shape index (κ1) is 27.4. The van der Waals surface area contributed by atoms with Gasteiger partial charge in [0, 0.05) is 61.5 Å². The highest BCUT2D eigenvalue weighted by atomic mass is 19.1. The molecule has 3 aromatic rings. The van der Waals surface area contributed by atoms with Crippen LogP contribution >= 0.6 is 0 Å². The van der Waals surface area contributed by atoms with Gasteiger partial charge >= 0.3 is 0 Å². The first-order valence-corrected chi connectivity index (χ1v) is 12.9. The first-order valence-electron chi connectivity index (χ1n) is 12.9. The molecule has 0 bridgehead atoms. The lowest BCUT2D eigenvalue weighted by atomic mass is 9.93. The standard InChI is InChI=1S/C30H35FN4O3/c1-30(2,3)28-19-25(33-38-28)20-29(36)32-24-10-6-22(7-11-24)5-8-23-9-12-26(21-27(23)31)37-18-17-35-15-13-34(4)14-16-35/h6-7,9-12,19,21H,13-18,20H2,1-4H3,(H,32,36). The summed E-state index contributed by atoms with van der Waals surface area (Å²) in [6.07, 6.45) is 0.121. The zero-order chi connectivity index (χ0) is 27.1. The number of hydrogen-bond donors (Lipinski definition) is 1. The largest absolute Gasteiger partial charge is 0.492 e. The van der Waals surface area contributed by atoms with E-state index in [0.29, 0.717) is 34.9 Å². The van der Waals surface area contributed by atoms with E-state index in [1.165, 1.54) is 6.07 Å². The number of ether oxygens (including phenoxy) is 1. The van der Waals surface area contributed by atoms with E-state index in [1.807, 2.05) is 26.8 Å². The Bertz CT molecular complexity index is 1290. The third-order valence-corrected chi connectivity index (χ3v) is 6.36. The zero-order valence-corrected chi connectivity index (χ0v) is 22.5. The van der Waals surface area contributed by atoms with Crippen LogP contribution in [0.5, 0.6) is 5.75 Å². The van der Waals surface area contributed by atoms with Gasteiger partial charge < -0.3 is 19.5 Å². The number of likely N-dealkylation sites (N-methyl/N-ethyl adjacent to an activating group) is 1. The van der Waals surface area contributed by atoms with Crippen LogP contribution in [0.2, 0.25) is 0 Å². The molecule has 1 aliphatic rings. The molecule has 0 radical (unpaired) electrons. The fourth-order valence-electron chi connectivity index (χ4n) is 3.95. The van der Waals surface area contributed by atoms with Crippen LogP contribution in [0, 0.1) is 17.7 Å². The minimum atomic E-state index is -0.416. The normalized spacial score (nSPS) is 14.6. The maximum atomic E-state index is 14.6. The molecule has 0 unspecified atom stereocenters. The lowest BCUT2D eigenvalue weighted by molar-refractivity contribution is -0.115. The Morgan fingerprint density at radius 3 is 2.47 bits per heavy atom. The summed E-state index contributed by atoms with van der Waals surface area (Å²) < 4.78 is 25.7. The number of nitrogens with one attached hydrogen (secondary N) is 1. The van der Waals surface area contributed by atoms with Crippen LogP contribution < -0.4 is 10.1 Å². The Labute approximate surface area is 223 Å². The summed E-state index contributed by atoms with van der Waals surface area (Å²) in [6, 6.07) is 13.7. The number of rotatable bonds is 7. The van der Waals surface area contributed by atoms with Gasteiger partial charge in [-0.1, -0.05) is 37.8 Å². The third kappa shape index (κ3) is 7.91. The number of hydrogen-bond acceptors (Lipinski definition) is 6. The van der Waals surface area contributed by atoms with E-state index in [0.717, 1.165) is 38.5 Å². The Hall–Kier alpha value is -3.67. The van der Waals surface area contributed by atoms with Crippen LogP contribution in [0.1, 0.15) is 43.4 Å². The Kier molecular flexibility index (Phi) is 8.82. The minimum Gasteiger partial charge on any atom is -0.492 e. The minimum absolute atomic E-state index is 0.121. The number of piperazine rings is 1. The Morgan fingerprint density at radius 1 is 1.08 bits per heavy atom. The van der Waals surface area contributed by atoms with E-state index in [-0.39, 0.29) is 17.7 Å². The van der Waals surface area contributed by atoms with Crippen LogP contribution in [0.25, 0.3) is 0 Å². The lowest BCUT2D eigenvalue weighted by Crippen LogP contribution is -2.45. The van der Waals surface area contributed by atoms with Crippen molar-refractivity contribution in [3.63, 3.8) is 0 Å². The van der Waals surface area contributed by atoms with Gasteiger partial charge in [0.15, 0.2) is 0 Å². The molecule has 4 rings (SSSR count). The summed E-state index contributed by atoms with van der Waals surface area (Å²) in [5.41, 5.74) is 2.08. The highest BCUT2D eigenvalue weighted by molar-refractivity contribution is 5.92. The highest BCUT2D eigenvalue weighted by Crippen LogP contribution is 2.23. The molecular weight excluding hydrogens is 483 g/mol. The highest BCUT2D eigenvalue weighted by Gasteiger charge is 2.20. The zero-order valence-electron chi connectivity index (χ0n) is 22.5. The summed E-state index contributed by atoms with van der Waals surface area (Å²) in [7, 11) is 2.13. The Morgan fingerprint density at radius 2 is 1.82 bits per heavy atom. The number of aromatic nitrogens is 1. The van der Waals surface area contributed by atoms with Gasteiger partial charge in [-0.2, -0.15) is 0 Å². The molecule has 0 spiro atoms. The van der Waals surface area contributed by atoms with Gasteiger partial charge in [0.05, 0.1) is 17.7 Å². The number of anilines is 1. The summed E-state index contributed by atoms with van der Waals surface area (Å²) in [5, 5.41) is 6.83. The second-order valence-electron chi connectivity index (χ2n) is 10.6. The fraction of sp³-hybridized carbons (Fsp3) is 0.400. The van der Waals surface area contributed by atoms with Gasteiger partial charge in [-0.3, -0.25) is 9.69 Å². The molecule has 7 nitrogen and oxygen atoms in total. The maximum absolute atomic E-state index is 14.6. The van der Waals surface area contributed by atoms with Gasteiger partial charge in [-0.15, -0.1) is 0 Å². The molecule has 1 saturated heterocycles. The molecule has 38 heavy (non-hydrogen) atoms. The number of nitrogens with zero attached hydrogens (tertiary/aromatic N) is 3. The molecule has 0 aliphatic carbocycles. The van der Waals surface area contributed by atoms with Crippen LogP contribution in [0.15, 0.2) is 53.1 Å². The summed E-state index contributed by atoms with van der Waals surface area (Å²) in [5.74, 6) is 6.48. The summed E-state index contributed by atoms with van der Waals surface area (Å²) >= 11 is 0. The molecule has 1 N–H and O–H groups in total. The quantitative estimate of drug-likeness (QED) is 0.470. The molecule has 1 aromatic heterocycles. The summed E-state index contributed by atoms with van der Waals surface area (Å²) in [6.45, 7) is 11.6. The number of amides is 1. The van der Waals surface area contributed by atoms with E-state index in [2.05, 4.69) is 39.2 Å². The van der Waals surface area contributed by atoms with Crippen molar-refractivity contribution in [3.05, 3.63) is 76.9 Å². The molecule has 200 valence electrons. The molecule has 2 aromatic carbocycles. The molecule has 1 amide bonds. The van der Waals surface area contributed by atoms with Crippen LogP contribution in [0.4, 0.5) is 10.1 Å². The number of halogens is 1. The van der Waals surface area contributed by atoms with Gasteiger partial charge in [0.25, 0.3) is 0 Å². The van der Waals surface area contributed by atoms with Crippen molar-refractivity contribution in [2.45, 2.75) is 32.6 Å². The van der Waals surface area contributed by atoms with Gasteiger partial charge in [0.1, 0.15) is 23.9 Å². The predicted octanol–water partition coefficient (Wildman–Crippen LogP) is 4.32. The molecule has 8 heteroatoms. The van der Waals surface area contributed by atoms with Crippen molar-refractivity contribution >= 4 is 11.6 Å². The molecular formula is C30H35FN4O3. The maximum Gasteiger partial charge on any atom is 0.230 e. The van der Waals surface area contributed by atoms with Crippen molar-refractivity contribution < 1.29 is 18.4 Å². The van der Waals surface area contributed by atoms with Gasteiger partial charge in [-0.25, -0.2) is 4.39 Å². The molecule has 1 fully saturated rings. The van der Waals surface area contributed by atoms with Crippen LogP contribution in [0.3, 0.4) is 0 Å². The number of carbonyl (C=O) groups is 1. The summed E-state index contributed by atoms with van der Waals surface area (Å²) in [4.78, 5) is 17.0. The first-order chi connectivity index (χ1) is 18.2. The number of benzene rings is 2. The molecule has 2 heterocycles. The molecule has 1 aliphatic heterocycles. The lowest BCUT2D eigenvalue weighted by Gasteiger charge is -2.32. The average Bonchev–Trinajstić information content (AvgIpc) is 3.35. The molecule has 0 saturated carbocycles. The fourth-order valence-corrected chi connectivity index (χ4v) is 3.95. The van der Waals surface area contributed by atoms with Gasteiger partial charge in [-0.05, 0) is 43.4 Å². The van der Waals surface area contributed by atoms with Crippen molar-refractivity contribution in [1.82, 2.24) is 15.0 Å². The second kappa shape index (κ2) is 12.2. The van der Waals surface area contributed by atoms with E-state index in [4.69, 9.17) is 9.26 Å². The number of carbonyl (C=O) groups excluding carboxylic acids is 1. The second-order valence-corrected chi connectivity index (χ2v) is 10.6. The van der Waals surface area contributed by atoms with Crippen molar-refractivity contribution in [2.75, 3.05) is 51.7 Å². The smallest absolute Gasteiger partial charge is 0.230 e. The monoisotopic (exact) mass is 518 g/mol. The van der Waals surface area contributed by atoms with E-state index >= 15 is 0 Å². The SMILES string of the molecule is CN1CCN(CCOc2ccc(C#Cc3ccc(NC(=O)Cc4cc(C(C)(C)C)on4)cc3)c(F)c2)CC1.